The Morgan fingerprint density at radius 2 is 2.10 bits per heavy atom. The minimum atomic E-state index is -1.12. The Hall–Kier alpha value is -2.41. The van der Waals surface area contributed by atoms with Gasteiger partial charge in [-0.1, -0.05) is 22.9 Å². The third-order valence-corrected chi connectivity index (χ3v) is 3.56. The quantitative estimate of drug-likeness (QED) is 0.924. The van der Waals surface area contributed by atoms with E-state index in [2.05, 4.69) is 10.3 Å². The van der Waals surface area contributed by atoms with Crippen molar-refractivity contribution >= 4 is 23.5 Å². The molecule has 3 rings (SSSR count). The first-order chi connectivity index (χ1) is 10.0. The predicted molar refractivity (Wildman–Crippen MR) is 73.4 cm³/mol. The molecule has 108 valence electrons. The molecule has 0 saturated carbocycles. The molecule has 1 aromatic heterocycles. The highest BCUT2D eigenvalue weighted by Gasteiger charge is 2.33. The molecule has 8 heteroatoms. The summed E-state index contributed by atoms with van der Waals surface area (Å²) in [5.74, 6) is -1.22. The molecule has 1 aliphatic heterocycles. The summed E-state index contributed by atoms with van der Waals surface area (Å²) in [7, 11) is 0. The summed E-state index contributed by atoms with van der Waals surface area (Å²) < 4.78 is 1.48. The fourth-order valence-electron chi connectivity index (χ4n) is 2.15. The van der Waals surface area contributed by atoms with E-state index in [0.29, 0.717) is 23.7 Å². The number of benzene rings is 1. The number of halogens is 1. The van der Waals surface area contributed by atoms with Crippen LogP contribution in [0.1, 0.15) is 26.9 Å². The first-order valence-corrected chi connectivity index (χ1v) is 6.62. The first kappa shape index (κ1) is 13.6. The normalized spacial score (nSPS) is 14.8. The molecule has 7 nitrogen and oxygen atoms in total. The molecule has 21 heavy (non-hydrogen) atoms. The highest BCUT2D eigenvalue weighted by atomic mass is 35.5. The lowest BCUT2D eigenvalue weighted by Gasteiger charge is -2.38. The number of hydrogen-bond acceptors (Lipinski definition) is 4. The number of nitrogens with zero attached hydrogens (tertiary/aromatic N) is 4. The third-order valence-electron chi connectivity index (χ3n) is 3.32. The van der Waals surface area contributed by atoms with Gasteiger partial charge in [-0.05, 0) is 18.2 Å². The lowest BCUT2D eigenvalue weighted by Crippen LogP contribution is -2.50. The number of aromatic nitrogens is 3. The van der Waals surface area contributed by atoms with E-state index in [1.807, 2.05) is 0 Å². The van der Waals surface area contributed by atoms with Crippen molar-refractivity contribution in [2.45, 2.75) is 6.04 Å². The van der Waals surface area contributed by atoms with Crippen LogP contribution in [0.2, 0.25) is 5.02 Å². The van der Waals surface area contributed by atoms with E-state index in [0.717, 1.165) is 0 Å². The second-order valence-corrected chi connectivity index (χ2v) is 5.20. The van der Waals surface area contributed by atoms with Crippen molar-refractivity contribution in [3.05, 3.63) is 46.7 Å². The van der Waals surface area contributed by atoms with E-state index < -0.39 is 5.97 Å². The van der Waals surface area contributed by atoms with Crippen molar-refractivity contribution in [1.82, 2.24) is 19.9 Å². The number of likely N-dealkylation sites (tertiary alicyclic amines) is 1. The van der Waals surface area contributed by atoms with Crippen LogP contribution in [0.4, 0.5) is 0 Å². The topological polar surface area (TPSA) is 88.3 Å². The van der Waals surface area contributed by atoms with Crippen molar-refractivity contribution < 1.29 is 14.7 Å². The highest BCUT2D eigenvalue weighted by Crippen LogP contribution is 2.23. The molecule has 2 heterocycles. The minimum Gasteiger partial charge on any atom is -0.476 e. The molecule has 0 unspecified atom stereocenters. The molecule has 0 atom stereocenters. The highest BCUT2D eigenvalue weighted by molar-refractivity contribution is 6.30. The second-order valence-electron chi connectivity index (χ2n) is 4.76. The molecule has 1 N–H and O–H groups in total. The number of hydrogen-bond donors (Lipinski definition) is 1. The van der Waals surface area contributed by atoms with Gasteiger partial charge in [0.1, 0.15) is 0 Å². The van der Waals surface area contributed by atoms with Crippen molar-refractivity contribution in [3.63, 3.8) is 0 Å². The molecule has 2 aromatic rings. The summed E-state index contributed by atoms with van der Waals surface area (Å²) in [5, 5.41) is 16.6. The Morgan fingerprint density at radius 3 is 2.71 bits per heavy atom. The van der Waals surface area contributed by atoms with Crippen LogP contribution in [0.5, 0.6) is 0 Å². The van der Waals surface area contributed by atoms with Crippen molar-refractivity contribution in [2.75, 3.05) is 13.1 Å². The molecule has 1 aromatic carbocycles. The fourth-order valence-corrected chi connectivity index (χ4v) is 2.34. The summed E-state index contributed by atoms with van der Waals surface area (Å²) in [6, 6.07) is 6.71. The summed E-state index contributed by atoms with van der Waals surface area (Å²) in [4.78, 5) is 24.6. The molecule has 0 spiro atoms. The summed E-state index contributed by atoms with van der Waals surface area (Å²) in [5.41, 5.74) is 0.431. The standard InChI is InChI=1S/C13H11ClN4O3/c14-9-3-1-2-8(4-9)12(19)17-5-10(6-17)18-7-11(13(20)21)15-16-18/h1-4,7,10H,5-6H2,(H,20,21). The van der Waals surface area contributed by atoms with Gasteiger partial charge in [-0.3, -0.25) is 4.79 Å². The average Bonchev–Trinajstić information content (AvgIpc) is 2.86. The van der Waals surface area contributed by atoms with Gasteiger partial charge in [-0.15, -0.1) is 5.10 Å². The molecule has 0 aliphatic carbocycles. The van der Waals surface area contributed by atoms with Crippen molar-refractivity contribution in [2.24, 2.45) is 0 Å². The van der Waals surface area contributed by atoms with Crippen LogP contribution in [0.15, 0.2) is 30.5 Å². The number of carboxylic acids is 1. The zero-order chi connectivity index (χ0) is 15.0. The molecule has 1 amide bonds. The van der Waals surface area contributed by atoms with E-state index in [9.17, 15) is 9.59 Å². The van der Waals surface area contributed by atoms with Gasteiger partial charge in [0.15, 0.2) is 5.69 Å². The zero-order valence-electron chi connectivity index (χ0n) is 10.8. The van der Waals surface area contributed by atoms with Gasteiger partial charge >= 0.3 is 5.97 Å². The molecule has 1 aliphatic rings. The first-order valence-electron chi connectivity index (χ1n) is 6.24. The monoisotopic (exact) mass is 306 g/mol. The molecular weight excluding hydrogens is 296 g/mol. The lowest BCUT2D eigenvalue weighted by atomic mass is 10.1. The Balaban J connectivity index is 1.65. The van der Waals surface area contributed by atoms with E-state index in [4.69, 9.17) is 16.7 Å². The van der Waals surface area contributed by atoms with Crippen LogP contribution in [0.3, 0.4) is 0 Å². The lowest BCUT2D eigenvalue weighted by molar-refractivity contribution is 0.0497. The second kappa shape index (κ2) is 5.17. The number of rotatable bonds is 3. The van der Waals surface area contributed by atoms with Gasteiger partial charge in [0.2, 0.25) is 0 Å². The van der Waals surface area contributed by atoms with Crippen molar-refractivity contribution in [1.29, 1.82) is 0 Å². The van der Waals surface area contributed by atoms with Crippen LogP contribution in [-0.4, -0.2) is 50.0 Å². The van der Waals surface area contributed by atoms with E-state index >= 15 is 0 Å². The van der Waals surface area contributed by atoms with Crippen LogP contribution < -0.4 is 0 Å². The van der Waals surface area contributed by atoms with E-state index in [-0.39, 0.29) is 17.6 Å². The van der Waals surface area contributed by atoms with Gasteiger partial charge in [0.25, 0.3) is 5.91 Å². The summed E-state index contributed by atoms with van der Waals surface area (Å²) in [6.07, 6.45) is 1.37. The van der Waals surface area contributed by atoms with Crippen LogP contribution in [0.25, 0.3) is 0 Å². The maximum absolute atomic E-state index is 12.2. The Kier molecular flexibility index (Phi) is 3.34. The number of carboxylic acid groups (broad SMARTS) is 1. The molecule has 1 fully saturated rings. The van der Waals surface area contributed by atoms with Gasteiger partial charge in [0, 0.05) is 23.7 Å². The summed E-state index contributed by atoms with van der Waals surface area (Å²) in [6.45, 7) is 0.932. The fraction of sp³-hybridized carbons (Fsp3) is 0.231. The Labute approximate surface area is 124 Å². The van der Waals surface area contributed by atoms with Gasteiger partial charge in [-0.25, -0.2) is 9.48 Å². The number of carbonyl (C=O) groups excluding carboxylic acids is 1. The molecular formula is C13H11ClN4O3. The number of amides is 1. The van der Waals surface area contributed by atoms with Gasteiger partial charge in [-0.2, -0.15) is 0 Å². The van der Waals surface area contributed by atoms with E-state index in [1.165, 1.54) is 10.9 Å². The van der Waals surface area contributed by atoms with E-state index in [1.54, 1.807) is 29.2 Å². The van der Waals surface area contributed by atoms with Crippen LogP contribution in [0, 0.1) is 0 Å². The molecule has 1 saturated heterocycles. The number of aromatic carboxylic acids is 1. The minimum absolute atomic E-state index is 0.0475. The van der Waals surface area contributed by atoms with Gasteiger partial charge < -0.3 is 10.0 Å². The van der Waals surface area contributed by atoms with Crippen molar-refractivity contribution in [3.8, 4) is 0 Å². The Bertz CT molecular complexity index is 709. The zero-order valence-corrected chi connectivity index (χ0v) is 11.6. The van der Waals surface area contributed by atoms with Crippen LogP contribution in [-0.2, 0) is 0 Å². The maximum atomic E-state index is 12.2. The molecule has 0 radical (unpaired) electrons. The van der Waals surface area contributed by atoms with Crippen LogP contribution >= 0.6 is 11.6 Å². The number of carbonyl (C=O) groups is 2. The summed E-state index contributed by atoms with van der Waals surface area (Å²) >= 11 is 5.86. The predicted octanol–water partition coefficient (Wildman–Crippen LogP) is 1.33. The third kappa shape index (κ3) is 2.59. The average molecular weight is 307 g/mol. The SMILES string of the molecule is O=C(O)c1cn(C2CN(C(=O)c3cccc(Cl)c3)C2)nn1. The largest absolute Gasteiger partial charge is 0.476 e. The Morgan fingerprint density at radius 1 is 1.33 bits per heavy atom. The smallest absolute Gasteiger partial charge is 0.358 e. The molecule has 0 bridgehead atoms. The maximum Gasteiger partial charge on any atom is 0.358 e. The van der Waals surface area contributed by atoms with Gasteiger partial charge in [0.05, 0.1) is 12.2 Å².